The molecule has 0 bridgehead atoms. The molecule has 3 rings (SSSR count). The predicted molar refractivity (Wildman–Crippen MR) is 139 cm³/mol. The monoisotopic (exact) mass is 539 g/mol. The molecule has 0 radical (unpaired) electrons. The molecule has 0 aromatic heterocycles. The molecule has 0 spiro atoms. The highest BCUT2D eigenvalue weighted by atomic mass is 79.9. The van der Waals surface area contributed by atoms with E-state index >= 15 is 0 Å². The minimum absolute atomic E-state index is 0.137. The number of halogens is 1. The molecule has 0 fully saturated rings. The first kappa shape index (κ1) is 25.8. The molecule has 0 atom stereocenters. The van der Waals surface area contributed by atoms with Crippen molar-refractivity contribution in [1.29, 1.82) is 0 Å². The molecule has 0 saturated carbocycles. The first-order chi connectivity index (χ1) is 16.9. The highest BCUT2D eigenvalue weighted by Gasteiger charge is 2.11. The minimum atomic E-state index is -0.388. The number of nitrogens with one attached hydrogen (secondary N) is 2. The third kappa shape index (κ3) is 7.58. The molecular formula is C26H26BrN3O5. The number of aryl methyl sites for hydroxylation is 1. The molecule has 0 heterocycles. The van der Waals surface area contributed by atoms with Gasteiger partial charge in [-0.2, -0.15) is 5.10 Å². The smallest absolute Gasteiger partial charge is 0.271 e. The molecule has 3 aromatic carbocycles. The molecule has 9 heteroatoms. The van der Waals surface area contributed by atoms with Crippen molar-refractivity contribution < 1.29 is 23.8 Å². The largest absolute Gasteiger partial charge is 0.493 e. The van der Waals surface area contributed by atoms with E-state index in [4.69, 9.17) is 14.2 Å². The van der Waals surface area contributed by atoms with Gasteiger partial charge in [-0.3, -0.25) is 9.59 Å². The van der Waals surface area contributed by atoms with Crippen molar-refractivity contribution >= 4 is 39.6 Å². The number of nitrogens with zero attached hydrogens (tertiary/aromatic N) is 1. The Morgan fingerprint density at radius 1 is 1.00 bits per heavy atom. The summed E-state index contributed by atoms with van der Waals surface area (Å²) in [6, 6.07) is 17.7. The van der Waals surface area contributed by atoms with Crippen LogP contribution in [-0.4, -0.2) is 38.4 Å². The van der Waals surface area contributed by atoms with Gasteiger partial charge in [-0.1, -0.05) is 12.1 Å². The van der Waals surface area contributed by atoms with Crippen molar-refractivity contribution in [3.8, 4) is 17.2 Å². The first-order valence-electron chi connectivity index (χ1n) is 10.8. The molecule has 0 saturated heterocycles. The van der Waals surface area contributed by atoms with Gasteiger partial charge in [-0.15, -0.1) is 0 Å². The Kier molecular flexibility index (Phi) is 9.25. The lowest BCUT2D eigenvalue weighted by molar-refractivity contribution is -0.118. The molecule has 35 heavy (non-hydrogen) atoms. The van der Waals surface area contributed by atoms with Crippen molar-refractivity contribution in [3.05, 3.63) is 81.8 Å². The summed E-state index contributed by atoms with van der Waals surface area (Å²) >= 11 is 3.44. The van der Waals surface area contributed by atoms with E-state index < -0.39 is 0 Å². The van der Waals surface area contributed by atoms with Gasteiger partial charge >= 0.3 is 0 Å². The number of amides is 2. The number of carbonyl (C=O) groups excluding carboxylic acids is 2. The number of carbonyl (C=O) groups is 2. The topological polar surface area (TPSA) is 98.3 Å². The van der Waals surface area contributed by atoms with E-state index in [2.05, 4.69) is 31.8 Å². The van der Waals surface area contributed by atoms with E-state index in [1.165, 1.54) is 13.3 Å². The molecule has 0 aliphatic carbocycles. The number of hydrazone groups is 1. The maximum Gasteiger partial charge on any atom is 0.271 e. The average Bonchev–Trinajstić information content (AvgIpc) is 2.84. The fourth-order valence-corrected chi connectivity index (χ4v) is 3.60. The van der Waals surface area contributed by atoms with Crippen LogP contribution in [0, 0.1) is 6.92 Å². The summed E-state index contributed by atoms with van der Waals surface area (Å²) in [4.78, 5) is 24.6. The number of hydrogen-bond donors (Lipinski definition) is 2. The molecule has 8 nitrogen and oxygen atoms in total. The van der Waals surface area contributed by atoms with Crippen LogP contribution < -0.4 is 25.0 Å². The van der Waals surface area contributed by atoms with E-state index in [1.54, 1.807) is 36.4 Å². The van der Waals surface area contributed by atoms with Crippen molar-refractivity contribution in [3.63, 3.8) is 0 Å². The van der Waals surface area contributed by atoms with Crippen LogP contribution in [0.2, 0.25) is 0 Å². The van der Waals surface area contributed by atoms with Crippen LogP contribution in [0.5, 0.6) is 17.2 Å². The van der Waals surface area contributed by atoms with Gasteiger partial charge in [0.1, 0.15) is 5.75 Å². The lowest BCUT2D eigenvalue weighted by atomic mass is 10.2. The molecule has 2 amide bonds. The molecule has 182 valence electrons. The van der Waals surface area contributed by atoms with Gasteiger partial charge in [0.15, 0.2) is 18.1 Å². The summed E-state index contributed by atoms with van der Waals surface area (Å²) in [5.74, 6) is 0.889. The van der Waals surface area contributed by atoms with E-state index in [1.807, 2.05) is 38.1 Å². The summed E-state index contributed by atoms with van der Waals surface area (Å²) < 4.78 is 17.0. The Hall–Kier alpha value is -3.85. The summed E-state index contributed by atoms with van der Waals surface area (Å²) in [5.41, 5.74) is 5.36. The second-order valence-corrected chi connectivity index (χ2v) is 8.25. The molecule has 0 aliphatic rings. The van der Waals surface area contributed by atoms with Gasteiger partial charge in [-0.05, 0) is 89.4 Å². The summed E-state index contributed by atoms with van der Waals surface area (Å²) in [7, 11) is 1.51. The lowest BCUT2D eigenvalue weighted by Gasteiger charge is -2.10. The fraction of sp³-hybridized carbons (Fsp3) is 0.192. The summed E-state index contributed by atoms with van der Waals surface area (Å²) in [6.07, 6.45) is 1.50. The van der Waals surface area contributed by atoms with Crippen molar-refractivity contribution in [2.24, 2.45) is 5.10 Å². The number of hydrogen-bond acceptors (Lipinski definition) is 6. The average molecular weight is 540 g/mol. The Morgan fingerprint density at radius 2 is 1.80 bits per heavy atom. The maximum atomic E-state index is 12.4. The van der Waals surface area contributed by atoms with Crippen LogP contribution in [0.1, 0.15) is 28.4 Å². The second-order valence-electron chi connectivity index (χ2n) is 7.39. The molecule has 0 unspecified atom stereocenters. The number of methoxy groups -OCH3 is 1. The van der Waals surface area contributed by atoms with Crippen LogP contribution >= 0.6 is 15.9 Å². The third-order valence-corrected chi connectivity index (χ3v) is 5.34. The lowest BCUT2D eigenvalue weighted by Crippen LogP contribution is -2.20. The minimum Gasteiger partial charge on any atom is -0.493 e. The molecule has 2 N–H and O–H groups in total. The molecule has 0 aliphatic heterocycles. The Labute approximate surface area is 212 Å². The van der Waals surface area contributed by atoms with Crippen LogP contribution in [-0.2, 0) is 4.79 Å². The van der Waals surface area contributed by atoms with Gasteiger partial charge in [0.25, 0.3) is 11.8 Å². The zero-order valence-corrected chi connectivity index (χ0v) is 21.2. The SMILES string of the molecule is CCOc1ccc(C(=O)N/N=C/c2ccc(OCC(=O)Nc3cccc(C)c3)c(Br)c2)cc1OC. The number of ether oxygens (including phenoxy) is 3. The second kappa shape index (κ2) is 12.6. The Morgan fingerprint density at radius 3 is 2.51 bits per heavy atom. The highest BCUT2D eigenvalue weighted by Crippen LogP contribution is 2.28. The van der Waals surface area contributed by atoms with Crippen molar-refractivity contribution in [2.45, 2.75) is 13.8 Å². The standard InChI is InChI=1S/C26H26BrN3O5/c1-4-34-23-11-9-19(14-24(23)33-3)26(32)30-28-15-18-8-10-22(21(27)13-18)35-16-25(31)29-20-7-5-6-17(2)12-20/h5-15H,4,16H2,1-3H3,(H,29,31)(H,30,32)/b28-15+. The van der Waals surface area contributed by atoms with Crippen molar-refractivity contribution in [2.75, 3.05) is 25.6 Å². The number of benzene rings is 3. The van der Waals surface area contributed by atoms with Crippen LogP contribution in [0.4, 0.5) is 5.69 Å². The quantitative estimate of drug-likeness (QED) is 0.280. The zero-order valence-electron chi connectivity index (χ0n) is 19.6. The van der Waals surface area contributed by atoms with Gasteiger partial charge < -0.3 is 19.5 Å². The van der Waals surface area contributed by atoms with E-state index in [-0.39, 0.29) is 18.4 Å². The predicted octanol–water partition coefficient (Wildman–Crippen LogP) is 4.95. The van der Waals surface area contributed by atoms with Gasteiger partial charge in [0.2, 0.25) is 0 Å². The fourth-order valence-electron chi connectivity index (χ4n) is 3.09. The highest BCUT2D eigenvalue weighted by molar-refractivity contribution is 9.10. The zero-order chi connectivity index (χ0) is 25.2. The number of anilines is 1. The van der Waals surface area contributed by atoms with E-state index in [0.29, 0.717) is 33.9 Å². The molecular weight excluding hydrogens is 514 g/mol. The van der Waals surface area contributed by atoms with Gasteiger partial charge in [0.05, 0.1) is 24.4 Å². The maximum absolute atomic E-state index is 12.4. The Bertz CT molecular complexity index is 1230. The van der Waals surface area contributed by atoms with Crippen LogP contribution in [0.3, 0.4) is 0 Å². The van der Waals surface area contributed by atoms with Crippen LogP contribution in [0.25, 0.3) is 0 Å². The summed E-state index contributed by atoms with van der Waals surface area (Å²) in [5, 5.41) is 6.81. The van der Waals surface area contributed by atoms with E-state index in [0.717, 1.165) is 16.8 Å². The van der Waals surface area contributed by atoms with Crippen molar-refractivity contribution in [1.82, 2.24) is 5.43 Å². The first-order valence-corrected chi connectivity index (χ1v) is 11.6. The van der Waals surface area contributed by atoms with Crippen LogP contribution in [0.15, 0.2) is 70.2 Å². The summed E-state index contributed by atoms with van der Waals surface area (Å²) in [6.45, 7) is 4.18. The van der Waals surface area contributed by atoms with E-state index in [9.17, 15) is 9.59 Å². The van der Waals surface area contributed by atoms with Gasteiger partial charge in [0, 0.05) is 11.3 Å². The Balaban J connectivity index is 1.54. The van der Waals surface area contributed by atoms with Gasteiger partial charge in [-0.25, -0.2) is 5.43 Å². The third-order valence-electron chi connectivity index (χ3n) is 4.72. The molecule has 3 aromatic rings. The normalized spacial score (nSPS) is 10.6. The number of rotatable bonds is 10.